The van der Waals surface area contributed by atoms with Crippen molar-refractivity contribution in [3.63, 3.8) is 0 Å². The highest BCUT2D eigenvalue weighted by Crippen LogP contribution is 2.60. The van der Waals surface area contributed by atoms with E-state index in [0.29, 0.717) is 0 Å². The van der Waals surface area contributed by atoms with E-state index in [4.69, 9.17) is 0 Å². The van der Waals surface area contributed by atoms with E-state index in [1.54, 1.807) is 0 Å². The molecule has 0 heterocycles. The fourth-order valence-corrected chi connectivity index (χ4v) is 5.66. The van der Waals surface area contributed by atoms with Crippen LogP contribution in [-0.4, -0.2) is 11.6 Å². The molecule has 0 atom stereocenters. The van der Waals surface area contributed by atoms with Crippen LogP contribution < -0.4 is 5.43 Å². The topological polar surface area (TPSA) is 41.5 Å². The molecule has 1 aromatic carbocycles. The molecule has 3 nitrogen and oxygen atoms in total. The number of halogens is 1. The van der Waals surface area contributed by atoms with Crippen LogP contribution in [0, 0.1) is 23.2 Å². The van der Waals surface area contributed by atoms with Crippen LogP contribution in [0.4, 0.5) is 0 Å². The Morgan fingerprint density at radius 1 is 1.09 bits per heavy atom. The Balaban J connectivity index is 1.47. The van der Waals surface area contributed by atoms with Gasteiger partial charge < -0.3 is 0 Å². The van der Waals surface area contributed by atoms with E-state index in [2.05, 4.69) is 26.5 Å². The number of hydrogen-bond acceptors (Lipinski definition) is 2. The largest absolute Gasteiger partial charge is 0.273 e. The molecule has 1 N–H and O–H groups in total. The molecule has 4 fully saturated rings. The Hall–Kier alpha value is -1.16. The van der Waals surface area contributed by atoms with Crippen LogP contribution in [0.15, 0.2) is 33.8 Å². The highest BCUT2D eigenvalue weighted by Gasteiger charge is 2.54. The van der Waals surface area contributed by atoms with E-state index in [1.165, 1.54) is 19.3 Å². The predicted molar refractivity (Wildman–Crippen MR) is 95.1 cm³/mol. The van der Waals surface area contributed by atoms with Crippen LogP contribution in [-0.2, 0) is 4.79 Å². The summed E-state index contributed by atoms with van der Waals surface area (Å²) in [7, 11) is 0. The number of hydrogen-bond donors (Lipinski definition) is 1. The lowest BCUT2D eigenvalue weighted by molar-refractivity contribution is -0.146. The van der Waals surface area contributed by atoms with Crippen LogP contribution in [0.5, 0.6) is 0 Å². The third-order valence-electron chi connectivity index (χ3n) is 6.11. The van der Waals surface area contributed by atoms with E-state index in [-0.39, 0.29) is 11.3 Å². The quantitative estimate of drug-likeness (QED) is 0.613. The van der Waals surface area contributed by atoms with Crippen LogP contribution in [0.2, 0.25) is 0 Å². The summed E-state index contributed by atoms with van der Waals surface area (Å²) in [5.74, 6) is 2.50. The van der Waals surface area contributed by atoms with Crippen molar-refractivity contribution in [2.45, 2.75) is 45.4 Å². The van der Waals surface area contributed by atoms with Gasteiger partial charge in [0.15, 0.2) is 0 Å². The smallest absolute Gasteiger partial charge is 0.246 e. The van der Waals surface area contributed by atoms with Crippen molar-refractivity contribution >= 4 is 27.5 Å². The molecule has 1 amide bonds. The van der Waals surface area contributed by atoms with Crippen LogP contribution in [0.3, 0.4) is 0 Å². The summed E-state index contributed by atoms with van der Waals surface area (Å²) in [6, 6.07) is 8.02. The van der Waals surface area contributed by atoms with Gasteiger partial charge in [0.25, 0.3) is 0 Å². The van der Waals surface area contributed by atoms with Crippen molar-refractivity contribution in [2.75, 3.05) is 0 Å². The van der Waals surface area contributed by atoms with Crippen LogP contribution in [0.25, 0.3) is 0 Å². The van der Waals surface area contributed by atoms with Crippen LogP contribution >= 0.6 is 15.9 Å². The van der Waals surface area contributed by atoms with Gasteiger partial charge in [-0.1, -0.05) is 28.1 Å². The normalized spacial score (nSPS) is 35.4. The summed E-state index contributed by atoms with van der Waals surface area (Å²) in [5, 5.41) is 4.38. The number of carbonyl (C=O) groups is 1. The second kappa shape index (κ2) is 5.73. The highest BCUT2D eigenvalue weighted by molar-refractivity contribution is 9.10. The number of benzene rings is 1. The Kier molecular flexibility index (Phi) is 3.83. The molecule has 5 rings (SSSR count). The first-order valence-electron chi connectivity index (χ1n) is 8.65. The standard InChI is InChI=1S/C19H23BrN2O/c1-12(16-2-4-17(20)5-3-16)21-22-18(23)19-9-13-6-14(10-19)8-15(7-13)11-19/h2-5,13-15H,6-11H2,1H3,(H,22,23). The average Bonchev–Trinajstić information content (AvgIpc) is 2.51. The maximum absolute atomic E-state index is 12.9. The van der Waals surface area contributed by atoms with Gasteiger partial charge in [0.05, 0.1) is 11.1 Å². The lowest BCUT2D eigenvalue weighted by atomic mass is 9.49. The zero-order chi connectivity index (χ0) is 16.0. The predicted octanol–water partition coefficient (Wildman–Crippen LogP) is 4.51. The van der Waals surface area contributed by atoms with Crippen molar-refractivity contribution in [1.82, 2.24) is 5.43 Å². The Bertz CT molecular complexity index is 615. The molecule has 0 aromatic heterocycles. The van der Waals surface area contributed by atoms with Gasteiger partial charge in [-0.25, -0.2) is 5.43 Å². The number of nitrogens with zero attached hydrogens (tertiary/aromatic N) is 1. The molecule has 0 radical (unpaired) electrons. The molecule has 0 aliphatic heterocycles. The van der Waals surface area contributed by atoms with Gasteiger partial charge in [-0.15, -0.1) is 0 Å². The monoisotopic (exact) mass is 374 g/mol. The number of nitrogens with one attached hydrogen (secondary N) is 1. The summed E-state index contributed by atoms with van der Waals surface area (Å²) in [6.07, 6.45) is 7.31. The number of hydrazone groups is 1. The maximum atomic E-state index is 12.9. The summed E-state index contributed by atoms with van der Waals surface area (Å²) >= 11 is 3.44. The molecule has 4 saturated carbocycles. The molecule has 23 heavy (non-hydrogen) atoms. The third kappa shape index (κ3) is 2.86. The van der Waals surface area contributed by atoms with Gasteiger partial charge in [-0.3, -0.25) is 4.79 Å². The van der Waals surface area contributed by atoms with E-state index in [1.807, 2.05) is 31.2 Å². The number of rotatable bonds is 3. The SMILES string of the molecule is CC(=NNC(=O)C12CC3CC(CC(C3)C1)C2)c1ccc(Br)cc1. The molecule has 1 aromatic rings. The molecule has 0 spiro atoms. The lowest BCUT2D eigenvalue weighted by Crippen LogP contribution is -2.52. The van der Waals surface area contributed by atoms with Crippen molar-refractivity contribution < 1.29 is 4.79 Å². The van der Waals surface area contributed by atoms with Crippen molar-refractivity contribution in [3.05, 3.63) is 34.3 Å². The summed E-state index contributed by atoms with van der Waals surface area (Å²) in [4.78, 5) is 12.9. The maximum Gasteiger partial charge on any atom is 0.246 e. The number of amides is 1. The first kappa shape index (κ1) is 15.4. The molecule has 4 bridgehead atoms. The summed E-state index contributed by atoms with van der Waals surface area (Å²) < 4.78 is 1.05. The molecule has 4 heteroatoms. The molecule has 4 aliphatic rings. The van der Waals surface area contributed by atoms with Gasteiger partial charge in [0.1, 0.15) is 0 Å². The van der Waals surface area contributed by atoms with Gasteiger partial charge in [-0.05, 0) is 80.9 Å². The average molecular weight is 375 g/mol. The molecule has 0 saturated heterocycles. The Morgan fingerprint density at radius 2 is 1.61 bits per heavy atom. The van der Waals surface area contributed by atoms with Gasteiger partial charge in [-0.2, -0.15) is 5.10 Å². The third-order valence-corrected chi connectivity index (χ3v) is 6.64. The molecular formula is C19H23BrN2O. The minimum absolute atomic E-state index is 0.127. The molecule has 4 aliphatic carbocycles. The first-order valence-corrected chi connectivity index (χ1v) is 9.44. The Labute approximate surface area is 146 Å². The van der Waals surface area contributed by atoms with Crippen LogP contribution in [0.1, 0.15) is 51.0 Å². The van der Waals surface area contributed by atoms with E-state index < -0.39 is 0 Å². The zero-order valence-electron chi connectivity index (χ0n) is 13.5. The second-order valence-corrected chi connectivity index (χ2v) is 8.76. The Morgan fingerprint density at radius 3 is 2.13 bits per heavy atom. The van der Waals surface area contributed by atoms with E-state index >= 15 is 0 Å². The van der Waals surface area contributed by atoms with Gasteiger partial charge >= 0.3 is 0 Å². The van der Waals surface area contributed by atoms with E-state index in [0.717, 1.165) is 52.8 Å². The van der Waals surface area contributed by atoms with Crippen molar-refractivity contribution in [1.29, 1.82) is 0 Å². The highest BCUT2D eigenvalue weighted by atomic mass is 79.9. The van der Waals surface area contributed by atoms with Gasteiger partial charge in [0.2, 0.25) is 5.91 Å². The van der Waals surface area contributed by atoms with Gasteiger partial charge in [0, 0.05) is 4.47 Å². The summed E-state index contributed by atoms with van der Waals surface area (Å²) in [6.45, 7) is 1.95. The fraction of sp³-hybridized carbons (Fsp3) is 0.579. The minimum Gasteiger partial charge on any atom is -0.273 e. The zero-order valence-corrected chi connectivity index (χ0v) is 15.1. The number of carbonyl (C=O) groups excluding carboxylic acids is 1. The molecular weight excluding hydrogens is 352 g/mol. The first-order chi connectivity index (χ1) is 11.0. The molecule has 0 unspecified atom stereocenters. The minimum atomic E-state index is -0.127. The van der Waals surface area contributed by atoms with Crippen molar-refractivity contribution in [3.8, 4) is 0 Å². The van der Waals surface area contributed by atoms with E-state index in [9.17, 15) is 4.79 Å². The van der Waals surface area contributed by atoms with Crippen molar-refractivity contribution in [2.24, 2.45) is 28.3 Å². The molecule has 122 valence electrons. The lowest BCUT2D eigenvalue weighted by Gasteiger charge is -2.55. The summed E-state index contributed by atoms with van der Waals surface area (Å²) in [5.41, 5.74) is 4.66. The second-order valence-electron chi connectivity index (χ2n) is 7.84. The fourth-order valence-electron chi connectivity index (χ4n) is 5.40.